The van der Waals surface area contributed by atoms with Crippen molar-refractivity contribution in [2.45, 2.75) is 32.7 Å². The van der Waals surface area contributed by atoms with E-state index in [1.807, 2.05) is 55.5 Å². The lowest BCUT2D eigenvalue weighted by atomic mass is 10.0. The SMILES string of the molecule is Cc1ccc(CN2CC(C(=O)OCC(=O)N3CCCc4ccccc43)CC2=O)cc1. The van der Waals surface area contributed by atoms with Crippen LogP contribution in [0, 0.1) is 12.8 Å². The summed E-state index contributed by atoms with van der Waals surface area (Å²) in [6.45, 7) is 3.15. The molecule has 0 spiro atoms. The largest absolute Gasteiger partial charge is 0.455 e. The van der Waals surface area contributed by atoms with Gasteiger partial charge in [0.15, 0.2) is 6.61 Å². The molecule has 1 fully saturated rings. The molecular formula is C24H26N2O4. The molecule has 6 nitrogen and oxygen atoms in total. The van der Waals surface area contributed by atoms with E-state index in [0.717, 1.165) is 35.2 Å². The number of carbonyl (C=O) groups is 3. The van der Waals surface area contributed by atoms with Gasteiger partial charge in [-0.05, 0) is 37.0 Å². The Bertz CT molecular complexity index is 954. The topological polar surface area (TPSA) is 66.9 Å². The summed E-state index contributed by atoms with van der Waals surface area (Å²) in [6, 6.07) is 15.8. The fourth-order valence-corrected chi connectivity index (χ4v) is 4.12. The second-order valence-corrected chi connectivity index (χ2v) is 8.05. The lowest BCUT2D eigenvalue weighted by Gasteiger charge is -2.29. The predicted octanol–water partition coefficient (Wildman–Crippen LogP) is 2.87. The van der Waals surface area contributed by atoms with Gasteiger partial charge in [0.2, 0.25) is 5.91 Å². The Hall–Kier alpha value is -3.15. The van der Waals surface area contributed by atoms with Gasteiger partial charge in [-0.25, -0.2) is 0 Å². The molecule has 2 aliphatic rings. The van der Waals surface area contributed by atoms with Crippen LogP contribution in [0.4, 0.5) is 5.69 Å². The molecule has 0 aromatic heterocycles. The van der Waals surface area contributed by atoms with E-state index in [1.165, 1.54) is 0 Å². The maximum absolute atomic E-state index is 12.6. The molecule has 1 saturated heterocycles. The van der Waals surface area contributed by atoms with Crippen molar-refractivity contribution in [3.05, 3.63) is 65.2 Å². The third kappa shape index (κ3) is 4.37. The number of aryl methyl sites for hydroxylation is 2. The Morgan fingerprint density at radius 1 is 1.10 bits per heavy atom. The number of ether oxygens (including phenoxy) is 1. The Morgan fingerprint density at radius 3 is 2.67 bits per heavy atom. The molecule has 1 atom stereocenters. The summed E-state index contributed by atoms with van der Waals surface area (Å²) in [7, 11) is 0. The van der Waals surface area contributed by atoms with Crippen LogP contribution in [0.3, 0.4) is 0 Å². The summed E-state index contributed by atoms with van der Waals surface area (Å²) < 4.78 is 5.31. The van der Waals surface area contributed by atoms with Gasteiger partial charge in [0.1, 0.15) is 0 Å². The Labute approximate surface area is 176 Å². The number of hydrogen-bond acceptors (Lipinski definition) is 4. The zero-order chi connectivity index (χ0) is 21.1. The average molecular weight is 406 g/mol. The van der Waals surface area contributed by atoms with Crippen molar-refractivity contribution in [2.24, 2.45) is 5.92 Å². The first-order valence-electron chi connectivity index (χ1n) is 10.4. The average Bonchev–Trinajstić information content (AvgIpc) is 3.13. The second kappa shape index (κ2) is 8.69. The van der Waals surface area contributed by atoms with Gasteiger partial charge in [-0.1, -0.05) is 48.0 Å². The Balaban J connectivity index is 1.31. The standard InChI is InChI=1S/C24H26N2O4/c1-17-8-10-18(11-9-17)14-25-15-20(13-22(25)27)24(29)30-16-23(28)26-12-4-6-19-5-2-3-7-21(19)26/h2-3,5,7-11,20H,4,6,12-16H2,1H3. The van der Waals surface area contributed by atoms with Crippen molar-refractivity contribution in [1.29, 1.82) is 0 Å². The fraction of sp³-hybridized carbons (Fsp3) is 0.375. The highest BCUT2D eigenvalue weighted by atomic mass is 16.5. The molecule has 2 aromatic rings. The number of rotatable bonds is 5. The first-order chi connectivity index (χ1) is 14.5. The molecule has 0 bridgehead atoms. The zero-order valence-corrected chi connectivity index (χ0v) is 17.2. The van der Waals surface area contributed by atoms with E-state index in [2.05, 4.69) is 0 Å². The van der Waals surface area contributed by atoms with Crippen LogP contribution in [-0.4, -0.2) is 42.4 Å². The summed E-state index contributed by atoms with van der Waals surface area (Å²) in [4.78, 5) is 40.8. The third-order valence-corrected chi connectivity index (χ3v) is 5.79. The number of amides is 2. The lowest BCUT2D eigenvalue weighted by molar-refractivity contribution is -0.151. The van der Waals surface area contributed by atoms with E-state index < -0.39 is 11.9 Å². The highest BCUT2D eigenvalue weighted by molar-refractivity contribution is 5.96. The number of carbonyl (C=O) groups excluding carboxylic acids is 3. The van der Waals surface area contributed by atoms with E-state index in [1.54, 1.807) is 9.80 Å². The van der Waals surface area contributed by atoms with Crippen LogP contribution in [-0.2, 0) is 32.1 Å². The molecule has 2 heterocycles. The van der Waals surface area contributed by atoms with Crippen LogP contribution >= 0.6 is 0 Å². The van der Waals surface area contributed by atoms with E-state index in [-0.39, 0.29) is 24.8 Å². The Morgan fingerprint density at radius 2 is 1.87 bits per heavy atom. The maximum atomic E-state index is 12.6. The molecule has 0 aliphatic carbocycles. The normalized spacial score (nSPS) is 18.3. The van der Waals surface area contributed by atoms with Gasteiger partial charge in [-0.3, -0.25) is 14.4 Å². The van der Waals surface area contributed by atoms with Crippen molar-refractivity contribution < 1.29 is 19.1 Å². The predicted molar refractivity (Wildman–Crippen MR) is 113 cm³/mol. The number of hydrogen-bond donors (Lipinski definition) is 0. The van der Waals surface area contributed by atoms with Crippen LogP contribution < -0.4 is 4.90 Å². The van der Waals surface area contributed by atoms with Gasteiger partial charge in [0.25, 0.3) is 5.91 Å². The number of nitrogens with zero attached hydrogens (tertiary/aromatic N) is 2. The minimum Gasteiger partial charge on any atom is -0.455 e. The number of esters is 1. The lowest BCUT2D eigenvalue weighted by Crippen LogP contribution is -2.39. The van der Waals surface area contributed by atoms with Crippen molar-refractivity contribution in [2.75, 3.05) is 24.6 Å². The maximum Gasteiger partial charge on any atom is 0.311 e. The molecular weight excluding hydrogens is 380 g/mol. The molecule has 2 aliphatic heterocycles. The summed E-state index contributed by atoms with van der Waals surface area (Å²) in [5.74, 6) is -1.29. The first kappa shape index (κ1) is 20.1. The third-order valence-electron chi connectivity index (χ3n) is 5.79. The second-order valence-electron chi connectivity index (χ2n) is 8.05. The highest BCUT2D eigenvalue weighted by Crippen LogP contribution is 2.27. The van der Waals surface area contributed by atoms with Gasteiger partial charge >= 0.3 is 5.97 Å². The van der Waals surface area contributed by atoms with Crippen molar-refractivity contribution in [3.63, 3.8) is 0 Å². The van der Waals surface area contributed by atoms with E-state index in [9.17, 15) is 14.4 Å². The summed E-state index contributed by atoms with van der Waals surface area (Å²) >= 11 is 0. The first-order valence-corrected chi connectivity index (χ1v) is 10.4. The van der Waals surface area contributed by atoms with E-state index in [4.69, 9.17) is 4.74 Å². The van der Waals surface area contributed by atoms with E-state index in [0.29, 0.717) is 19.6 Å². The fourth-order valence-electron chi connectivity index (χ4n) is 4.12. The van der Waals surface area contributed by atoms with Crippen molar-refractivity contribution >= 4 is 23.5 Å². The summed E-state index contributed by atoms with van der Waals surface area (Å²) in [6.07, 6.45) is 1.97. The summed E-state index contributed by atoms with van der Waals surface area (Å²) in [5.41, 5.74) is 4.22. The minimum absolute atomic E-state index is 0.0613. The molecule has 1 unspecified atom stereocenters. The molecule has 6 heteroatoms. The number of benzene rings is 2. The number of likely N-dealkylation sites (tertiary alicyclic amines) is 1. The molecule has 2 amide bonds. The zero-order valence-electron chi connectivity index (χ0n) is 17.2. The monoisotopic (exact) mass is 406 g/mol. The molecule has 0 radical (unpaired) electrons. The van der Waals surface area contributed by atoms with Crippen molar-refractivity contribution in [3.8, 4) is 0 Å². The van der Waals surface area contributed by atoms with Crippen LogP contribution in [0.25, 0.3) is 0 Å². The quantitative estimate of drug-likeness (QED) is 0.716. The molecule has 0 saturated carbocycles. The van der Waals surface area contributed by atoms with Crippen LogP contribution in [0.2, 0.25) is 0 Å². The van der Waals surface area contributed by atoms with Crippen LogP contribution in [0.1, 0.15) is 29.5 Å². The van der Waals surface area contributed by atoms with Gasteiger partial charge < -0.3 is 14.5 Å². The van der Waals surface area contributed by atoms with Crippen molar-refractivity contribution in [1.82, 2.24) is 4.90 Å². The Kier molecular flexibility index (Phi) is 5.84. The molecule has 0 N–H and O–H groups in total. The smallest absolute Gasteiger partial charge is 0.311 e. The molecule has 156 valence electrons. The minimum atomic E-state index is -0.524. The van der Waals surface area contributed by atoms with E-state index >= 15 is 0 Å². The van der Waals surface area contributed by atoms with Crippen LogP contribution in [0.5, 0.6) is 0 Å². The van der Waals surface area contributed by atoms with Crippen LogP contribution in [0.15, 0.2) is 48.5 Å². The number of fused-ring (bicyclic) bond motifs is 1. The molecule has 2 aromatic carbocycles. The summed E-state index contributed by atoms with van der Waals surface area (Å²) in [5, 5.41) is 0. The highest BCUT2D eigenvalue weighted by Gasteiger charge is 2.36. The van der Waals surface area contributed by atoms with Gasteiger partial charge in [0.05, 0.1) is 5.92 Å². The number of anilines is 1. The van der Waals surface area contributed by atoms with Gasteiger partial charge in [-0.2, -0.15) is 0 Å². The number of para-hydroxylation sites is 1. The van der Waals surface area contributed by atoms with Gasteiger partial charge in [-0.15, -0.1) is 0 Å². The molecule has 30 heavy (non-hydrogen) atoms. The van der Waals surface area contributed by atoms with Gasteiger partial charge in [0, 0.05) is 31.7 Å². The molecule has 4 rings (SSSR count).